The number of hydrogen-bond acceptors (Lipinski definition) is 8. The summed E-state index contributed by atoms with van der Waals surface area (Å²) < 4.78 is 10.8. The van der Waals surface area contributed by atoms with E-state index in [9.17, 15) is 4.79 Å². The summed E-state index contributed by atoms with van der Waals surface area (Å²) in [5.74, 6) is 0.744. The van der Waals surface area contributed by atoms with Gasteiger partial charge in [0.2, 0.25) is 5.95 Å². The van der Waals surface area contributed by atoms with E-state index in [0.717, 1.165) is 48.2 Å². The molecule has 0 atom stereocenters. The third-order valence-electron chi connectivity index (χ3n) is 5.45. The zero-order chi connectivity index (χ0) is 22.5. The topological polar surface area (TPSA) is 79.8 Å². The van der Waals surface area contributed by atoms with Gasteiger partial charge in [0.05, 0.1) is 18.7 Å². The molecule has 3 aromatic rings. The molecule has 1 aromatic heterocycles. The maximum atomic E-state index is 12.2. The summed E-state index contributed by atoms with van der Waals surface area (Å²) in [7, 11) is 2.13. The average Bonchev–Trinajstić information content (AvgIpc) is 2.80. The summed E-state index contributed by atoms with van der Waals surface area (Å²) in [6.07, 6.45) is 1.83. The SMILES string of the molecule is CCOC(=O)c1ccc(-c2ccc3nc(NN4CCN(C)CC4)ncc3c2)cc1OCC. The van der Waals surface area contributed by atoms with E-state index >= 15 is 0 Å². The first-order chi connectivity index (χ1) is 15.6. The summed E-state index contributed by atoms with van der Waals surface area (Å²) in [5.41, 5.74) is 6.56. The number of likely N-dealkylation sites (N-methyl/N-ethyl adjacent to an activating group) is 1. The number of benzene rings is 2. The standard InChI is InChI=1S/C24H29N5O3/c1-4-31-22-15-18(6-8-20(22)23(30)32-5-2)17-7-9-21-19(14-17)16-25-24(26-21)27-29-12-10-28(3)11-13-29/h6-9,14-16H,4-5,10-13H2,1-3H3,(H,25,26,27). The summed E-state index contributed by atoms with van der Waals surface area (Å²) in [6.45, 7) is 8.36. The van der Waals surface area contributed by atoms with Gasteiger partial charge in [0, 0.05) is 37.8 Å². The van der Waals surface area contributed by atoms with Gasteiger partial charge in [0.25, 0.3) is 0 Å². The Labute approximate surface area is 188 Å². The minimum absolute atomic E-state index is 0.322. The number of piperazine rings is 1. The largest absolute Gasteiger partial charge is 0.493 e. The second-order valence-corrected chi connectivity index (χ2v) is 7.73. The van der Waals surface area contributed by atoms with Crippen molar-refractivity contribution in [3.05, 3.63) is 48.2 Å². The van der Waals surface area contributed by atoms with Crippen molar-refractivity contribution in [2.75, 3.05) is 51.9 Å². The summed E-state index contributed by atoms with van der Waals surface area (Å²) in [5, 5.41) is 3.09. The van der Waals surface area contributed by atoms with Gasteiger partial charge >= 0.3 is 5.97 Å². The van der Waals surface area contributed by atoms with E-state index in [0.29, 0.717) is 30.5 Å². The molecule has 0 unspecified atom stereocenters. The number of carbonyl (C=O) groups excluding carboxylic acids is 1. The molecular weight excluding hydrogens is 406 g/mol. The maximum absolute atomic E-state index is 12.2. The minimum atomic E-state index is -0.380. The van der Waals surface area contributed by atoms with Gasteiger partial charge in [-0.25, -0.2) is 19.8 Å². The van der Waals surface area contributed by atoms with Crippen LogP contribution in [0.1, 0.15) is 24.2 Å². The number of hydrazine groups is 1. The molecule has 0 bridgehead atoms. The molecule has 1 N–H and O–H groups in total. The van der Waals surface area contributed by atoms with Gasteiger partial charge in [-0.3, -0.25) is 5.43 Å². The highest BCUT2D eigenvalue weighted by molar-refractivity contribution is 5.94. The Bertz CT molecular complexity index is 1100. The lowest BCUT2D eigenvalue weighted by atomic mass is 10.0. The Morgan fingerprint density at radius 1 is 1.03 bits per heavy atom. The van der Waals surface area contributed by atoms with E-state index in [1.165, 1.54) is 0 Å². The molecule has 8 nitrogen and oxygen atoms in total. The molecule has 0 saturated carbocycles. The second kappa shape index (κ2) is 9.93. The van der Waals surface area contributed by atoms with Crippen LogP contribution in [-0.4, -0.2) is 72.3 Å². The number of aromatic nitrogens is 2. The van der Waals surface area contributed by atoms with Gasteiger partial charge in [-0.2, -0.15) is 0 Å². The van der Waals surface area contributed by atoms with Crippen molar-refractivity contribution in [1.29, 1.82) is 0 Å². The number of hydrogen-bond donors (Lipinski definition) is 1. The zero-order valence-corrected chi connectivity index (χ0v) is 18.8. The fourth-order valence-corrected chi connectivity index (χ4v) is 3.68. The molecular formula is C24H29N5O3. The number of esters is 1. The lowest BCUT2D eigenvalue weighted by Crippen LogP contribution is -2.47. The summed E-state index contributed by atoms with van der Waals surface area (Å²) >= 11 is 0. The van der Waals surface area contributed by atoms with E-state index in [2.05, 4.69) is 32.4 Å². The van der Waals surface area contributed by atoms with Crippen LogP contribution in [0.15, 0.2) is 42.6 Å². The van der Waals surface area contributed by atoms with E-state index in [-0.39, 0.29) is 5.97 Å². The van der Waals surface area contributed by atoms with Gasteiger partial charge in [-0.1, -0.05) is 12.1 Å². The molecule has 1 aliphatic heterocycles. The van der Waals surface area contributed by atoms with Crippen molar-refractivity contribution in [3.8, 4) is 16.9 Å². The molecule has 1 saturated heterocycles. The van der Waals surface area contributed by atoms with E-state index in [1.807, 2.05) is 43.5 Å². The van der Waals surface area contributed by atoms with Gasteiger partial charge in [-0.05, 0) is 56.3 Å². The van der Waals surface area contributed by atoms with Gasteiger partial charge in [0.15, 0.2) is 0 Å². The van der Waals surface area contributed by atoms with Crippen LogP contribution in [0.3, 0.4) is 0 Å². The number of ether oxygens (including phenoxy) is 2. The lowest BCUT2D eigenvalue weighted by molar-refractivity contribution is 0.0522. The molecule has 0 aliphatic carbocycles. The number of rotatable bonds is 7. The number of nitrogens with one attached hydrogen (secondary N) is 1. The van der Waals surface area contributed by atoms with Gasteiger partial charge in [0.1, 0.15) is 11.3 Å². The molecule has 1 fully saturated rings. The van der Waals surface area contributed by atoms with Crippen molar-refractivity contribution in [3.63, 3.8) is 0 Å². The first-order valence-corrected chi connectivity index (χ1v) is 11.0. The molecule has 2 aromatic carbocycles. The quantitative estimate of drug-likeness (QED) is 0.566. The van der Waals surface area contributed by atoms with Crippen LogP contribution in [0.2, 0.25) is 0 Å². The highest BCUT2D eigenvalue weighted by Crippen LogP contribution is 2.30. The fourth-order valence-electron chi connectivity index (χ4n) is 3.68. The van der Waals surface area contributed by atoms with Crippen LogP contribution < -0.4 is 10.2 Å². The Hall–Kier alpha value is -3.23. The molecule has 4 rings (SSSR count). The molecule has 8 heteroatoms. The van der Waals surface area contributed by atoms with Gasteiger partial charge in [-0.15, -0.1) is 0 Å². The maximum Gasteiger partial charge on any atom is 0.341 e. The fraction of sp³-hybridized carbons (Fsp3) is 0.375. The van der Waals surface area contributed by atoms with Crippen molar-refractivity contribution < 1.29 is 14.3 Å². The first kappa shape index (κ1) is 22.0. The van der Waals surface area contributed by atoms with Crippen LogP contribution in [0.5, 0.6) is 5.75 Å². The smallest absolute Gasteiger partial charge is 0.341 e. The van der Waals surface area contributed by atoms with Crippen LogP contribution in [0, 0.1) is 0 Å². The third kappa shape index (κ3) is 4.98. The number of nitrogens with zero attached hydrogens (tertiary/aromatic N) is 4. The van der Waals surface area contributed by atoms with E-state index < -0.39 is 0 Å². The van der Waals surface area contributed by atoms with Crippen LogP contribution in [-0.2, 0) is 4.74 Å². The van der Waals surface area contributed by atoms with Crippen LogP contribution in [0.25, 0.3) is 22.0 Å². The average molecular weight is 436 g/mol. The molecule has 2 heterocycles. The predicted octanol–water partition coefficient (Wildman–Crippen LogP) is 3.45. The number of carbonyl (C=O) groups is 1. The summed E-state index contributed by atoms with van der Waals surface area (Å²) in [6, 6.07) is 11.6. The number of fused-ring (bicyclic) bond motifs is 1. The highest BCUT2D eigenvalue weighted by atomic mass is 16.5. The third-order valence-corrected chi connectivity index (χ3v) is 5.45. The molecule has 32 heavy (non-hydrogen) atoms. The second-order valence-electron chi connectivity index (χ2n) is 7.73. The van der Waals surface area contributed by atoms with E-state index in [4.69, 9.17) is 9.47 Å². The zero-order valence-electron chi connectivity index (χ0n) is 18.8. The summed E-state index contributed by atoms with van der Waals surface area (Å²) in [4.78, 5) is 23.7. The van der Waals surface area contributed by atoms with Crippen molar-refractivity contribution in [2.45, 2.75) is 13.8 Å². The Balaban J connectivity index is 1.57. The van der Waals surface area contributed by atoms with Crippen molar-refractivity contribution in [2.24, 2.45) is 0 Å². The minimum Gasteiger partial charge on any atom is -0.493 e. The van der Waals surface area contributed by atoms with Crippen molar-refractivity contribution in [1.82, 2.24) is 19.9 Å². The predicted molar refractivity (Wildman–Crippen MR) is 125 cm³/mol. The van der Waals surface area contributed by atoms with Crippen LogP contribution in [0.4, 0.5) is 5.95 Å². The molecule has 1 aliphatic rings. The van der Waals surface area contributed by atoms with E-state index in [1.54, 1.807) is 13.0 Å². The number of anilines is 1. The normalized spacial score (nSPS) is 15.0. The monoisotopic (exact) mass is 435 g/mol. The molecule has 168 valence electrons. The Morgan fingerprint density at radius 3 is 2.53 bits per heavy atom. The highest BCUT2D eigenvalue weighted by Gasteiger charge is 2.16. The first-order valence-electron chi connectivity index (χ1n) is 11.0. The lowest BCUT2D eigenvalue weighted by Gasteiger charge is -2.32. The molecule has 0 amide bonds. The molecule has 0 spiro atoms. The Morgan fingerprint density at radius 2 is 1.78 bits per heavy atom. The molecule has 0 radical (unpaired) electrons. The van der Waals surface area contributed by atoms with Crippen LogP contribution >= 0.6 is 0 Å². The van der Waals surface area contributed by atoms with Crippen molar-refractivity contribution >= 4 is 22.8 Å². The van der Waals surface area contributed by atoms with Gasteiger partial charge < -0.3 is 14.4 Å². The Kier molecular flexibility index (Phi) is 6.82.